The van der Waals surface area contributed by atoms with E-state index in [2.05, 4.69) is 0 Å². The Hall–Kier alpha value is -1.10. The Balaban J connectivity index is 2.73. The zero-order valence-electron chi connectivity index (χ0n) is 7.15. The summed E-state index contributed by atoms with van der Waals surface area (Å²) in [5.41, 5.74) is 0. The Bertz CT molecular complexity index is 217. The van der Waals surface area contributed by atoms with Crippen LogP contribution in [0.15, 0.2) is 0 Å². The topological polar surface area (TPSA) is 60.9 Å². The predicted molar refractivity (Wildman–Crippen MR) is 41.7 cm³/mol. The number of carbonyl (C=O) groups excluding carboxylic acids is 1. The molecule has 12 heavy (non-hydrogen) atoms. The number of rotatable bonds is 1. The predicted octanol–water partition coefficient (Wildman–Crippen LogP) is -1.16. The van der Waals surface area contributed by atoms with Crippen LogP contribution in [0.2, 0.25) is 0 Å². The Labute approximate surface area is 70.6 Å². The van der Waals surface area contributed by atoms with Gasteiger partial charge in [-0.1, -0.05) is 0 Å². The van der Waals surface area contributed by atoms with Gasteiger partial charge in [0, 0.05) is 13.6 Å². The van der Waals surface area contributed by atoms with Gasteiger partial charge in [-0.25, -0.2) is 4.79 Å². The number of aliphatic carboxylic acids is 1. The first-order chi connectivity index (χ1) is 5.52. The molecule has 1 saturated heterocycles. The molecule has 5 nitrogen and oxygen atoms in total. The van der Waals surface area contributed by atoms with Crippen LogP contribution >= 0.6 is 0 Å². The molecule has 1 aliphatic rings. The number of piperazine rings is 1. The standard InChI is InChI=1S/C7H12N2O3/c1-8-3-5(7(11)12)9(2)6(10)4-8/h5H,3-4H2,1-2H3,(H,11,12). The van der Waals surface area contributed by atoms with Crippen molar-refractivity contribution < 1.29 is 14.7 Å². The van der Waals surface area contributed by atoms with E-state index in [4.69, 9.17) is 5.11 Å². The smallest absolute Gasteiger partial charge is 0.327 e. The van der Waals surface area contributed by atoms with Gasteiger partial charge in [0.15, 0.2) is 0 Å². The van der Waals surface area contributed by atoms with Gasteiger partial charge < -0.3 is 10.0 Å². The first kappa shape index (κ1) is 8.99. The third-order valence-corrected chi connectivity index (χ3v) is 2.04. The minimum absolute atomic E-state index is 0.142. The molecule has 1 rings (SSSR count). The number of nitrogens with zero attached hydrogens (tertiary/aromatic N) is 2. The zero-order chi connectivity index (χ0) is 9.30. The summed E-state index contributed by atoms with van der Waals surface area (Å²) in [5, 5.41) is 8.72. The Morgan fingerprint density at radius 2 is 2.17 bits per heavy atom. The molecular formula is C7H12N2O3. The highest BCUT2D eigenvalue weighted by atomic mass is 16.4. The summed E-state index contributed by atoms with van der Waals surface area (Å²) in [6.07, 6.45) is 0. The number of likely N-dealkylation sites (N-methyl/N-ethyl adjacent to an activating group) is 2. The number of hydrogen-bond donors (Lipinski definition) is 1. The van der Waals surface area contributed by atoms with Gasteiger partial charge in [0.25, 0.3) is 0 Å². The summed E-state index contributed by atoms with van der Waals surface area (Å²) in [6.45, 7) is 0.706. The SMILES string of the molecule is CN1CC(=O)N(C)C(C(=O)O)C1. The average Bonchev–Trinajstić information content (AvgIpc) is 1.96. The molecule has 1 N–H and O–H groups in total. The minimum Gasteiger partial charge on any atom is -0.480 e. The molecule has 1 unspecified atom stereocenters. The summed E-state index contributed by atoms with van der Waals surface area (Å²) in [5.74, 6) is -1.09. The van der Waals surface area contributed by atoms with Gasteiger partial charge >= 0.3 is 5.97 Å². The van der Waals surface area contributed by atoms with Crippen molar-refractivity contribution in [2.24, 2.45) is 0 Å². The third-order valence-electron chi connectivity index (χ3n) is 2.04. The summed E-state index contributed by atoms with van der Waals surface area (Å²) >= 11 is 0. The molecule has 0 aromatic rings. The first-order valence-electron chi connectivity index (χ1n) is 3.69. The highest BCUT2D eigenvalue weighted by Gasteiger charge is 2.32. The van der Waals surface area contributed by atoms with E-state index < -0.39 is 12.0 Å². The van der Waals surface area contributed by atoms with Gasteiger partial charge in [-0.05, 0) is 7.05 Å². The van der Waals surface area contributed by atoms with Crippen molar-refractivity contribution in [3.63, 3.8) is 0 Å². The summed E-state index contributed by atoms with van der Waals surface area (Å²) in [6, 6.07) is -0.698. The molecule has 0 spiro atoms. The lowest BCUT2D eigenvalue weighted by atomic mass is 10.2. The molecule has 1 atom stereocenters. The normalized spacial score (nSPS) is 26.0. The highest BCUT2D eigenvalue weighted by Crippen LogP contribution is 2.06. The largest absolute Gasteiger partial charge is 0.480 e. The van der Waals surface area contributed by atoms with Crippen molar-refractivity contribution in [2.75, 3.05) is 27.2 Å². The molecule has 1 heterocycles. The summed E-state index contributed by atoms with van der Waals surface area (Å²) in [4.78, 5) is 24.8. The number of carbonyl (C=O) groups is 2. The van der Waals surface area contributed by atoms with Crippen LogP contribution < -0.4 is 0 Å². The highest BCUT2D eigenvalue weighted by molar-refractivity contribution is 5.86. The van der Waals surface area contributed by atoms with Gasteiger partial charge in [-0.15, -0.1) is 0 Å². The lowest BCUT2D eigenvalue weighted by molar-refractivity contribution is -0.153. The second-order valence-corrected chi connectivity index (χ2v) is 3.06. The van der Waals surface area contributed by atoms with Crippen molar-refractivity contribution >= 4 is 11.9 Å². The van der Waals surface area contributed by atoms with Crippen LogP contribution in [0.3, 0.4) is 0 Å². The zero-order valence-corrected chi connectivity index (χ0v) is 7.15. The van der Waals surface area contributed by atoms with Gasteiger partial charge in [-0.2, -0.15) is 0 Å². The Morgan fingerprint density at radius 1 is 1.58 bits per heavy atom. The lowest BCUT2D eigenvalue weighted by Crippen LogP contribution is -2.56. The Kier molecular flexibility index (Phi) is 2.32. The monoisotopic (exact) mass is 172 g/mol. The molecule has 1 fully saturated rings. The molecule has 0 aliphatic carbocycles. The molecule has 5 heteroatoms. The first-order valence-corrected chi connectivity index (χ1v) is 3.69. The Morgan fingerprint density at radius 3 is 2.67 bits per heavy atom. The van der Waals surface area contributed by atoms with Crippen molar-refractivity contribution in [1.29, 1.82) is 0 Å². The van der Waals surface area contributed by atoms with Crippen molar-refractivity contribution in [3.05, 3.63) is 0 Å². The minimum atomic E-state index is -0.947. The third kappa shape index (κ3) is 1.55. The van der Waals surface area contributed by atoms with Crippen molar-refractivity contribution in [3.8, 4) is 0 Å². The fraction of sp³-hybridized carbons (Fsp3) is 0.714. The van der Waals surface area contributed by atoms with Gasteiger partial charge in [-0.3, -0.25) is 9.69 Å². The number of hydrogen-bond acceptors (Lipinski definition) is 3. The van der Waals surface area contributed by atoms with Crippen molar-refractivity contribution in [1.82, 2.24) is 9.80 Å². The van der Waals surface area contributed by atoms with Gasteiger partial charge in [0.2, 0.25) is 5.91 Å². The van der Waals surface area contributed by atoms with Crippen LogP contribution in [0.25, 0.3) is 0 Å². The molecule has 1 amide bonds. The fourth-order valence-corrected chi connectivity index (χ4v) is 1.24. The molecular weight excluding hydrogens is 160 g/mol. The maximum Gasteiger partial charge on any atom is 0.327 e. The average molecular weight is 172 g/mol. The number of carboxylic acids is 1. The lowest BCUT2D eigenvalue weighted by Gasteiger charge is -2.34. The molecule has 0 bridgehead atoms. The maximum atomic E-state index is 11.1. The summed E-state index contributed by atoms with van der Waals surface area (Å²) < 4.78 is 0. The van der Waals surface area contributed by atoms with Crippen LogP contribution in [0, 0.1) is 0 Å². The van der Waals surface area contributed by atoms with Crippen LogP contribution in [0.5, 0.6) is 0 Å². The van der Waals surface area contributed by atoms with Crippen LogP contribution in [0.4, 0.5) is 0 Å². The number of carboxylic acid groups (broad SMARTS) is 1. The number of amides is 1. The van der Waals surface area contributed by atoms with E-state index in [9.17, 15) is 9.59 Å². The molecule has 0 radical (unpaired) electrons. The molecule has 0 aromatic heterocycles. The van der Waals surface area contributed by atoms with E-state index in [1.54, 1.807) is 11.9 Å². The van der Waals surface area contributed by atoms with Crippen molar-refractivity contribution in [2.45, 2.75) is 6.04 Å². The molecule has 1 aliphatic heterocycles. The second kappa shape index (κ2) is 3.10. The van der Waals surface area contributed by atoms with E-state index >= 15 is 0 Å². The molecule has 0 saturated carbocycles. The van der Waals surface area contributed by atoms with E-state index in [0.29, 0.717) is 13.1 Å². The summed E-state index contributed by atoms with van der Waals surface area (Å²) in [7, 11) is 3.26. The van der Waals surface area contributed by atoms with E-state index in [-0.39, 0.29) is 5.91 Å². The van der Waals surface area contributed by atoms with Gasteiger partial charge in [0.1, 0.15) is 6.04 Å². The second-order valence-electron chi connectivity index (χ2n) is 3.06. The fourth-order valence-electron chi connectivity index (χ4n) is 1.24. The van der Waals surface area contributed by atoms with E-state index in [1.807, 2.05) is 0 Å². The molecule has 0 aromatic carbocycles. The van der Waals surface area contributed by atoms with E-state index in [0.717, 1.165) is 0 Å². The van der Waals surface area contributed by atoms with Crippen LogP contribution in [-0.2, 0) is 9.59 Å². The van der Waals surface area contributed by atoms with Crippen LogP contribution in [0.1, 0.15) is 0 Å². The van der Waals surface area contributed by atoms with Crippen LogP contribution in [-0.4, -0.2) is 60.0 Å². The maximum absolute atomic E-state index is 11.1. The quantitative estimate of drug-likeness (QED) is 0.542. The van der Waals surface area contributed by atoms with Gasteiger partial charge in [0.05, 0.1) is 6.54 Å². The molecule has 68 valence electrons. The van der Waals surface area contributed by atoms with E-state index in [1.165, 1.54) is 11.9 Å².